The molecule has 1 aromatic carbocycles. The number of nitrogens with one attached hydrogen (secondary N) is 2. The Bertz CT molecular complexity index is 355. The van der Waals surface area contributed by atoms with Gasteiger partial charge in [0.25, 0.3) is 0 Å². The van der Waals surface area contributed by atoms with E-state index in [-0.39, 0.29) is 11.7 Å². The van der Waals surface area contributed by atoms with Gasteiger partial charge in [0.05, 0.1) is 0 Å². The van der Waals surface area contributed by atoms with Gasteiger partial charge >= 0.3 is 0 Å². The van der Waals surface area contributed by atoms with E-state index in [1.165, 1.54) is 12.1 Å². The summed E-state index contributed by atoms with van der Waals surface area (Å²) in [4.78, 5) is 11.1. The minimum Gasteiger partial charge on any atom is -0.356 e. The number of hydrogen-bond donors (Lipinski definition) is 2. The molecule has 0 aromatic heterocycles. The van der Waals surface area contributed by atoms with Gasteiger partial charge in [-0.3, -0.25) is 4.79 Å². The van der Waals surface area contributed by atoms with E-state index in [9.17, 15) is 9.18 Å². The van der Waals surface area contributed by atoms with E-state index in [1.54, 1.807) is 6.07 Å². The van der Waals surface area contributed by atoms with Gasteiger partial charge in [0.2, 0.25) is 5.91 Å². The predicted octanol–water partition coefficient (Wildman–Crippen LogP) is 1.48. The molecule has 0 aliphatic carbocycles. The van der Waals surface area contributed by atoms with Crippen molar-refractivity contribution in [2.45, 2.75) is 19.8 Å². The highest BCUT2D eigenvalue weighted by Crippen LogP contribution is 2.03. The Labute approximate surface area is 101 Å². The first-order chi connectivity index (χ1) is 8.22. The average Bonchev–Trinajstić information content (AvgIpc) is 2.29. The van der Waals surface area contributed by atoms with Crippen LogP contribution in [0, 0.1) is 5.82 Å². The fourth-order valence-corrected chi connectivity index (χ4v) is 1.54. The second kappa shape index (κ2) is 7.79. The quantitative estimate of drug-likeness (QED) is 0.707. The molecule has 0 aliphatic heterocycles. The van der Waals surface area contributed by atoms with Crippen molar-refractivity contribution in [3.8, 4) is 0 Å². The number of benzene rings is 1. The Balaban J connectivity index is 2.10. The minimum atomic E-state index is -0.204. The van der Waals surface area contributed by atoms with Crippen molar-refractivity contribution in [1.29, 1.82) is 0 Å². The molecule has 2 N–H and O–H groups in total. The van der Waals surface area contributed by atoms with Crippen LogP contribution in [-0.4, -0.2) is 25.5 Å². The minimum absolute atomic E-state index is 0.0609. The maximum absolute atomic E-state index is 12.9. The lowest BCUT2D eigenvalue weighted by molar-refractivity contribution is -0.120. The van der Waals surface area contributed by atoms with E-state index >= 15 is 0 Å². The molecule has 0 aliphatic rings. The third-order valence-corrected chi connectivity index (χ3v) is 2.38. The molecule has 0 atom stereocenters. The number of carbonyl (C=O) groups excluding carboxylic acids is 1. The first-order valence-corrected chi connectivity index (χ1v) is 5.94. The summed E-state index contributed by atoms with van der Waals surface area (Å²) in [7, 11) is 0. The van der Waals surface area contributed by atoms with E-state index < -0.39 is 0 Å². The van der Waals surface area contributed by atoms with Crippen LogP contribution in [0.25, 0.3) is 0 Å². The Morgan fingerprint density at radius 1 is 1.35 bits per heavy atom. The SMILES string of the molecule is CCNC(=O)CCNCCc1cccc(F)c1. The molecule has 0 heterocycles. The molecule has 1 aromatic rings. The highest BCUT2D eigenvalue weighted by molar-refractivity contribution is 5.75. The van der Waals surface area contributed by atoms with Gasteiger partial charge in [0, 0.05) is 19.5 Å². The Morgan fingerprint density at radius 2 is 2.18 bits per heavy atom. The van der Waals surface area contributed by atoms with Crippen LogP contribution in [-0.2, 0) is 11.2 Å². The van der Waals surface area contributed by atoms with E-state index in [0.29, 0.717) is 19.5 Å². The smallest absolute Gasteiger partial charge is 0.221 e. The average molecular weight is 238 g/mol. The second-order valence-corrected chi connectivity index (χ2v) is 3.83. The molecule has 0 bridgehead atoms. The molecule has 17 heavy (non-hydrogen) atoms. The number of carbonyl (C=O) groups is 1. The summed E-state index contributed by atoms with van der Waals surface area (Å²) in [6, 6.07) is 6.57. The summed E-state index contributed by atoms with van der Waals surface area (Å²) >= 11 is 0. The van der Waals surface area contributed by atoms with Crippen molar-refractivity contribution in [2.24, 2.45) is 0 Å². The van der Waals surface area contributed by atoms with Crippen molar-refractivity contribution < 1.29 is 9.18 Å². The number of amides is 1. The lowest BCUT2D eigenvalue weighted by Crippen LogP contribution is -2.28. The lowest BCUT2D eigenvalue weighted by atomic mass is 10.1. The van der Waals surface area contributed by atoms with Crippen LogP contribution >= 0.6 is 0 Å². The predicted molar refractivity (Wildman–Crippen MR) is 66.3 cm³/mol. The van der Waals surface area contributed by atoms with Gasteiger partial charge in [-0.2, -0.15) is 0 Å². The second-order valence-electron chi connectivity index (χ2n) is 3.83. The molecule has 0 unspecified atom stereocenters. The van der Waals surface area contributed by atoms with Gasteiger partial charge in [0.15, 0.2) is 0 Å². The van der Waals surface area contributed by atoms with E-state index in [2.05, 4.69) is 10.6 Å². The number of halogens is 1. The summed E-state index contributed by atoms with van der Waals surface area (Å²) in [5.41, 5.74) is 0.968. The normalized spacial score (nSPS) is 10.2. The molecule has 0 fully saturated rings. The lowest BCUT2D eigenvalue weighted by Gasteiger charge is -2.05. The largest absolute Gasteiger partial charge is 0.356 e. The first-order valence-electron chi connectivity index (χ1n) is 5.94. The topological polar surface area (TPSA) is 41.1 Å². The van der Waals surface area contributed by atoms with Gasteiger partial charge in [-0.25, -0.2) is 4.39 Å². The summed E-state index contributed by atoms with van der Waals surface area (Å²) in [5, 5.41) is 5.89. The Hall–Kier alpha value is -1.42. The molecule has 1 amide bonds. The maximum atomic E-state index is 12.9. The Morgan fingerprint density at radius 3 is 2.88 bits per heavy atom. The highest BCUT2D eigenvalue weighted by atomic mass is 19.1. The third kappa shape index (κ3) is 6.02. The van der Waals surface area contributed by atoms with Crippen LogP contribution in [0.3, 0.4) is 0 Å². The zero-order valence-corrected chi connectivity index (χ0v) is 10.1. The summed E-state index contributed by atoms with van der Waals surface area (Å²) in [5.74, 6) is -0.143. The molecule has 3 nitrogen and oxygen atoms in total. The van der Waals surface area contributed by atoms with Gasteiger partial charge in [-0.05, 0) is 37.6 Å². The zero-order valence-electron chi connectivity index (χ0n) is 10.1. The number of hydrogen-bond acceptors (Lipinski definition) is 2. The fourth-order valence-electron chi connectivity index (χ4n) is 1.54. The van der Waals surface area contributed by atoms with Crippen molar-refractivity contribution in [3.05, 3.63) is 35.6 Å². The number of rotatable bonds is 7. The van der Waals surface area contributed by atoms with Crippen LogP contribution < -0.4 is 10.6 Å². The summed E-state index contributed by atoms with van der Waals surface area (Å²) in [6.07, 6.45) is 1.25. The van der Waals surface area contributed by atoms with Crippen molar-refractivity contribution in [2.75, 3.05) is 19.6 Å². The molecule has 0 radical (unpaired) electrons. The molecule has 4 heteroatoms. The van der Waals surface area contributed by atoms with E-state index in [0.717, 1.165) is 18.5 Å². The summed E-state index contributed by atoms with van der Waals surface area (Å²) < 4.78 is 12.9. The molecular formula is C13H19FN2O. The van der Waals surface area contributed by atoms with Crippen LogP contribution in [0.4, 0.5) is 4.39 Å². The summed E-state index contributed by atoms with van der Waals surface area (Å²) in [6.45, 7) is 3.97. The molecule has 0 saturated carbocycles. The van der Waals surface area contributed by atoms with Gasteiger partial charge in [-0.1, -0.05) is 12.1 Å². The monoisotopic (exact) mass is 238 g/mol. The van der Waals surface area contributed by atoms with Gasteiger partial charge in [-0.15, -0.1) is 0 Å². The van der Waals surface area contributed by atoms with E-state index in [1.807, 2.05) is 13.0 Å². The molecule has 94 valence electrons. The Kier molecular flexibility index (Phi) is 6.25. The molecule has 1 rings (SSSR count). The van der Waals surface area contributed by atoms with Gasteiger partial charge in [0.1, 0.15) is 5.82 Å². The van der Waals surface area contributed by atoms with E-state index in [4.69, 9.17) is 0 Å². The molecular weight excluding hydrogens is 219 g/mol. The first kappa shape index (κ1) is 13.6. The van der Waals surface area contributed by atoms with Crippen LogP contribution in [0.1, 0.15) is 18.9 Å². The van der Waals surface area contributed by atoms with Crippen LogP contribution in [0.2, 0.25) is 0 Å². The zero-order chi connectivity index (χ0) is 12.5. The van der Waals surface area contributed by atoms with Crippen molar-refractivity contribution in [3.63, 3.8) is 0 Å². The van der Waals surface area contributed by atoms with Gasteiger partial charge < -0.3 is 10.6 Å². The molecule has 0 spiro atoms. The van der Waals surface area contributed by atoms with Crippen molar-refractivity contribution >= 4 is 5.91 Å². The van der Waals surface area contributed by atoms with Crippen LogP contribution in [0.5, 0.6) is 0 Å². The standard InChI is InChI=1S/C13H19FN2O/c1-2-16-13(17)7-9-15-8-6-11-4-3-5-12(14)10-11/h3-5,10,15H,2,6-9H2,1H3,(H,16,17). The third-order valence-electron chi connectivity index (χ3n) is 2.38. The molecule has 0 saturated heterocycles. The highest BCUT2D eigenvalue weighted by Gasteiger charge is 1.98. The maximum Gasteiger partial charge on any atom is 0.221 e. The fraction of sp³-hybridized carbons (Fsp3) is 0.462. The van der Waals surface area contributed by atoms with Crippen molar-refractivity contribution in [1.82, 2.24) is 10.6 Å². The van der Waals surface area contributed by atoms with Crippen LogP contribution in [0.15, 0.2) is 24.3 Å².